The molecule has 0 atom stereocenters. The fourth-order valence-corrected chi connectivity index (χ4v) is 3.29. The van der Waals surface area contributed by atoms with Crippen LogP contribution in [-0.2, 0) is 18.3 Å². The van der Waals surface area contributed by atoms with Gasteiger partial charge < -0.3 is 11.1 Å². The predicted molar refractivity (Wildman–Crippen MR) is 79.9 cm³/mol. The number of hydrogen-bond donors (Lipinski definition) is 2. The van der Waals surface area contributed by atoms with Gasteiger partial charge in [-0.3, -0.25) is 9.48 Å². The van der Waals surface area contributed by atoms with Crippen LogP contribution in [0.1, 0.15) is 17.7 Å². The number of carbonyl (C=O) groups excluding carboxylic acids is 1. The molecule has 0 fully saturated rings. The topological polar surface area (TPSA) is 72.9 Å². The number of benzene rings is 1. The van der Waals surface area contributed by atoms with E-state index in [0.717, 1.165) is 39.0 Å². The summed E-state index contributed by atoms with van der Waals surface area (Å²) >= 11 is 1.56. The summed E-state index contributed by atoms with van der Waals surface area (Å²) in [7, 11) is 1.91. The van der Waals surface area contributed by atoms with Crippen molar-refractivity contribution in [2.75, 3.05) is 11.1 Å². The van der Waals surface area contributed by atoms with Crippen molar-refractivity contribution in [1.82, 2.24) is 9.78 Å². The number of aryl methyl sites for hydroxylation is 3. The van der Waals surface area contributed by atoms with Crippen molar-refractivity contribution in [2.45, 2.75) is 29.7 Å². The molecule has 104 valence electrons. The van der Waals surface area contributed by atoms with Crippen LogP contribution in [-0.4, -0.2) is 15.7 Å². The maximum absolute atomic E-state index is 11.5. The van der Waals surface area contributed by atoms with E-state index in [9.17, 15) is 4.79 Å². The van der Waals surface area contributed by atoms with Crippen molar-refractivity contribution >= 4 is 29.0 Å². The molecule has 5 nitrogen and oxygen atoms in total. The van der Waals surface area contributed by atoms with Crippen molar-refractivity contribution in [3.63, 3.8) is 0 Å². The second kappa shape index (κ2) is 4.86. The standard InChI is InChI=1S/C14H16N4OS/c1-8-5-14(18(2)17-8)20-12-7-11-9(6-10(12)15)3-4-13(19)16-11/h5-7H,3-4,15H2,1-2H3,(H,16,19). The van der Waals surface area contributed by atoms with Gasteiger partial charge >= 0.3 is 0 Å². The molecule has 1 aromatic heterocycles. The summed E-state index contributed by atoms with van der Waals surface area (Å²) < 4.78 is 1.83. The molecule has 0 unspecified atom stereocenters. The summed E-state index contributed by atoms with van der Waals surface area (Å²) in [5.74, 6) is 0.0644. The molecule has 1 amide bonds. The second-order valence-electron chi connectivity index (χ2n) is 4.94. The number of nitrogens with two attached hydrogens (primary N) is 1. The largest absolute Gasteiger partial charge is 0.398 e. The van der Waals surface area contributed by atoms with Crippen LogP contribution in [0.5, 0.6) is 0 Å². The van der Waals surface area contributed by atoms with E-state index in [1.165, 1.54) is 0 Å². The van der Waals surface area contributed by atoms with Crippen molar-refractivity contribution in [2.24, 2.45) is 7.05 Å². The average Bonchev–Trinajstić information content (AvgIpc) is 2.69. The van der Waals surface area contributed by atoms with Crippen LogP contribution in [0.3, 0.4) is 0 Å². The second-order valence-corrected chi connectivity index (χ2v) is 6.01. The summed E-state index contributed by atoms with van der Waals surface area (Å²) in [6.07, 6.45) is 1.28. The average molecular weight is 288 g/mol. The predicted octanol–water partition coefficient (Wildman–Crippen LogP) is 2.35. The van der Waals surface area contributed by atoms with E-state index in [-0.39, 0.29) is 5.91 Å². The lowest BCUT2D eigenvalue weighted by Gasteiger charge is -2.19. The highest BCUT2D eigenvalue weighted by atomic mass is 32.2. The lowest BCUT2D eigenvalue weighted by molar-refractivity contribution is -0.116. The van der Waals surface area contributed by atoms with Gasteiger partial charge in [0.15, 0.2) is 0 Å². The number of nitrogens with zero attached hydrogens (tertiary/aromatic N) is 2. The molecular formula is C14H16N4OS. The molecule has 0 saturated heterocycles. The van der Waals surface area contributed by atoms with Gasteiger partial charge in [-0.15, -0.1) is 0 Å². The fraction of sp³-hybridized carbons (Fsp3) is 0.286. The molecule has 1 aliphatic rings. The summed E-state index contributed by atoms with van der Waals surface area (Å²) in [5, 5.41) is 8.25. The first-order valence-corrected chi connectivity index (χ1v) is 7.25. The summed E-state index contributed by atoms with van der Waals surface area (Å²) in [5.41, 5.74) is 9.81. The van der Waals surface area contributed by atoms with Gasteiger partial charge in [-0.1, -0.05) is 11.8 Å². The Hall–Kier alpha value is -1.95. The zero-order chi connectivity index (χ0) is 14.3. The first-order valence-electron chi connectivity index (χ1n) is 6.43. The molecule has 3 rings (SSSR count). The van der Waals surface area contributed by atoms with E-state index in [4.69, 9.17) is 5.73 Å². The number of nitrogen functional groups attached to an aromatic ring is 1. The van der Waals surface area contributed by atoms with E-state index in [0.29, 0.717) is 6.42 Å². The molecule has 0 bridgehead atoms. The normalized spacial score (nSPS) is 14.0. The molecular weight excluding hydrogens is 272 g/mol. The minimum Gasteiger partial charge on any atom is -0.398 e. The Morgan fingerprint density at radius 3 is 2.85 bits per heavy atom. The van der Waals surface area contributed by atoms with Gasteiger partial charge in [0.2, 0.25) is 5.91 Å². The highest BCUT2D eigenvalue weighted by Crippen LogP contribution is 2.37. The van der Waals surface area contributed by atoms with Crippen molar-refractivity contribution in [1.29, 1.82) is 0 Å². The van der Waals surface area contributed by atoms with Crippen molar-refractivity contribution in [3.05, 3.63) is 29.5 Å². The number of nitrogens with one attached hydrogen (secondary N) is 1. The van der Waals surface area contributed by atoms with Gasteiger partial charge in [-0.2, -0.15) is 5.10 Å². The molecule has 2 heterocycles. The van der Waals surface area contributed by atoms with E-state index >= 15 is 0 Å². The Morgan fingerprint density at radius 2 is 2.15 bits per heavy atom. The van der Waals surface area contributed by atoms with Crippen molar-refractivity contribution < 1.29 is 4.79 Å². The van der Waals surface area contributed by atoms with Gasteiger partial charge in [-0.05, 0) is 37.1 Å². The zero-order valence-corrected chi connectivity index (χ0v) is 12.3. The highest BCUT2D eigenvalue weighted by Gasteiger charge is 2.17. The number of fused-ring (bicyclic) bond motifs is 1. The molecule has 0 saturated carbocycles. The number of hydrogen-bond acceptors (Lipinski definition) is 4. The Bertz CT molecular complexity index is 693. The molecule has 1 aromatic carbocycles. The molecule has 1 aliphatic heterocycles. The summed E-state index contributed by atoms with van der Waals surface area (Å²) in [6, 6.07) is 5.93. The number of aromatic nitrogens is 2. The van der Waals surface area contributed by atoms with Crippen LogP contribution in [0.4, 0.5) is 11.4 Å². The summed E-state index contributed by atoms with van der Waals surface area (Å²) in [4.78, 5) is 12.4. The van der Waals surface area contributed by atoms with Crippen LogP contribution >= 0.6 is 11.8 Å². The van der Waals surface area contributed by atoms with Gasteiger partial charge in [0.1, 0.15) is 0 Å². The number of rotatable bonds is 2. The Kier molecular flexibility index (Phi) is 3.17. The van der Waals surface area contributed by atoms with Crippen molar-refractivity contribution in [3.8, 4) is 0 Å². The first kappa shape index (κ1) is 13.1. The van der Waals surface area contributed by atoms with Crippen LogP contribution < -0.4 is 11.1 Å². The van der Waals surface area contributed by atoms with Crippen LogP contribution in [0.2, 0.25) is 0 Å². The minimum atomic E-state index is 0.0644. The third kappa shape index (κ3) is 2.38. The van der Waals surface area contributed by atoms with Gasteiger partial charge in [-0.25, -0.2) is 0 Å². The minimum absolute atomic E-state index is 0.0644. The van der Waals surface area contributed by atoms with Gasteiger partial charge in [0, 0.05) is 29.7 Å². The smallest absolute Gasteiger partial charge is 0.224 e. The third-order valence-corrected chi connectivity index (χ3v) is 4.47. The maximum atomic E-state index is 11.5. The molecule has 2 aromatic rings. The summed E-state index contributed by atoms with van der Waals surface area (Å²) in [6.45, 7) is 1.96. The zero-order valence-electron chi connectivity index (χ0n) is 11.4. The molecule has 20 heavy (non-hydrogen) atoms. The molecule has 0 aliphatic carbocycles. The van der Waals surface area contributed by atoms with Crippen LogP contribution in [0.15, 0.2) is 28.1 Å². The number of carbonyl (C=O) groups is 1. The number of anilines is 2. The van der Waals surface area contributed by atoms with Crippen LogP contribution in [0, 0.1) is 6.92 Å². The Labute approximate surface area is 121 Å². The van der Waals surface area contributed by atoms with Crippen LogP contribution in [0.25, 0.3) is 0 Å². The number of amides is 1. The van der Waals surface area contributed by atoms with E-state index in [1.54, 1.807) is 11.8 Å². The third-order valence-electron chi connectivity index (χ3n) is 3.30. The molecule has 0 radical (unpaired) electrons. The highest BCUT2D eigenvalue weighted by molar-refractivity contribution is 7.99. The lowest BCUT2D eigenvalue weighted by atomic mass is 10.0. The Morgan fingerprint density at radius 1 is 1.35 bits per heavy atom. The Balaban J connectivity index is 1.96. The van der Waals surface area contributed by atoms with E-state index in [2.05, 4.69) is 10.4 Å². The molecule has 3 N–H and O–H groups in total. The monoisotopic (exact) mass is 288 g/mol. The van der Waals surface area contributed by atoms with Gasteiger partial charge in [0.25, 0.3) is 0 Å². The van der Waals surface area contributed by atoms with E-state index in [1.807, 2.05) is 36.9 Å². The van der Waals surface area contributed by atoms with Gasteiger partial charge in [0.05, 0.1) is 10.7 Å². The molecule has 0 spiro atoms. The lowest BCUT2D eigenvalue weighted by Crippen LogP contribution is -2.19. The maximum Gasteiger partial charge on any atom is 0.224 e. The SMILES string of the molecule is Cc1cc(Sc2cc3c(cc2N)CCC(=O)N3)n(C)n1. The molecule has 6 heteroatoms. The first-order chi connectivity index (χ1) is 9.52. The quantitative estimate of drug-likeness (QED) is 0.832. The van der Waals surface area contributed by atoms with E-state index < -0.39 is 0 Å². The fourth-order valence-electron chi connectivity index (χ4n) is 2.31.